The van der Waals surface area contributed by atoms with E-state index in [1.54, 1.807) is 0 Å². The van der Waals surface area contributed by atoms with Gasteiger partial charge in [-0.3, -0.25) is 0 Å². The molecule has 2 heterocycles. The molecule has 0 aliphatic heterocycles. The molecule has 202 valence electrons. The van der Waals surface area contributed by atoms with Gasteiger partial charge in [0.25, 0.3) is 0 Å². The van der Waals surface area contributed by atoms with Crippen molar-refractivity contribution in [1.82, 2.24) is 0 Å². The van der Waals surface area contributed by atoms with E-state index in [0.29, 0.717) is 0 Å². The molecule has 0 unspecified atom stereocenters. The first kappa shape index (κ1) is 23.9. The molecular weight excluding hydrogens is 526 g/mol. The quantitative estimate of drug-likeness (QED) is 0.218. The molecule has 0 aliphatic rings. The lowest BCUT2D eigenvalue weighted by Gasteiger charge is -2.29. The summed E-state index contributed by atoms with van der Waals surface area (Å²) in [6, 6.07) is 53.2. The molecule has 0 aliphatic carbocycles. The van der Waals surface area contributed by atoms with Crippen LogP contribution in [0.5, 0.6) is 0 Å². The van der Waals surface area contributed by atoms with Crippen LogP contribution in [-0.2, 0) is 0 Å². The van der Waals surface area contributed by atoms with Gasteiger partial charge in [-0.1, -0.05) is 97.1 Å². The lowest BCUT2D eigenvalue weighted by Crippen LogP contribution is -2.11. The molecule has 9 rings (SSSR count). The number of rotatable bonds is 4. The fourth-order valence-electron chi connectivity index (χ4n) is 6.47. The van der Waals surface area contributed by atoms with E-state index in [1.165, 1.54) is 10.8 Å². The van der Waals surface area contributed by atoms with Crippen molar-refractivity contribution in [3.8, 4) is 11.1 Å². The molecule has 0 saturated carbocycles. The third kappa shape index (κ3) is 3.75. The van der Waals surface area contributed by atoms with Crippen LogP contribution in [-0.4, -0.2) is 0 Å². The van der Waals surface area contributed by atoms with Crippen LogP contribution in [0.25, 0.3) is 65.8 Å². The Bertz CT molecular complexity index is 2480. The van der Waals surface area contributed by atoms with E-state index in [1.807, 2.05) is 24.3 Å². The van der Waals surface area contributed by atoms with E-state index in [0.717, 1.165) is 72.1 Å². The summed E-state index contributed by atoms with van der Waals surface area (Å²) in [5.41, 5.74) is 9.05. The second-order valence-corrected chi connectivity index (χ2v) is 10.9. The van der Waals surface area contributed by atoms with Gasteiger partial charge >= 0.3 is 0 Å². The fraction of sp³-hybridized carbons (Fsp3) is 0. The molecule has 0 fully saturated rings. The summed E-state index contributed by atoms with van der Waals surface area (Å²) in [4.78, 5) is 2.38. The highest BCUT2D eigenvalue weighted by atomic mass is 16.3. The summed E-state index contributed by atoms with van der Waals surface area (Å²) in [5.74, 6) is 0. The van der Waals surface area contributed by atoms with Crippen molar-refractivity contribution in [2.75, 3.05) is 4.90 Å². The zero-order chi connectivity index (χ0) is 28.3. The maximum atomic E-state index is 6.30. The van der Waals surface area contributed by atoms with Crippen LogP contribution in [0.2, 0.25) is 0 Å². The zero-order valence-corrected chi connectivity index (χ0v) is 23.2. The first-order valence-corrected chi connectivity index (χ1v) is 14.5. The maximum absolute atomic E-state index is 6.30. The third-order valence-electron chi connectivity index (χ3n) is 8.46. The van der Waals surface area contributed by atoms with Crippen LogP contribution in [0.1, 0.15) is 0 Å². The topological polar surface area (TPSA) is 29.5 Å². The molecule has 0 amide bonds. The van der Waals surface area contributed by atoms with Crippen molar-refractivity contribution >= 4 is 71.7 Å². The normalized spacial score (nSPS) is 11.7. The Kier molecular flexibility index (Phi) is 5.20. The monoisotopic (exact) mass is 551 g/mol. The van der Waals surface area contributed by atoms with Gasteiger partial charge in [-0.2, -0.15) is 0 Å². The minimum absolute atomic E-state index is 0.881. The minimum Gasteiger partial charge on any atom is -0.456 e. The Labute approximate surface area is 247 Å². The van der Waals surface area contributed by atoms with Gasteiger partial charge < -0.3 is 13.7 Å². The molecule has 43 heavy (non-hydrogen) atoms. The molecule has 2 aromatic heterocycles. The molecule has 0 bridgehead atoms. The van der Waals surface area contributed by atoms with E-state index in [2.05, 4.69) is 132 Å². The Morgan fingerprint density at radius 3 is 1.84 bits per heavy atom. The standard InChI is InChI=1S/C40H25NO2/c1-2-12-29-26(10-1)11-9-17-36(29)41(28-21-23-39-34(25-28)32-15-5-8-19-38(32)42-39)35-16-6-3-13-30(35)27-20-22-33-31-14-4-7-18-37(31)43-40(33)24-27/h1-25H. The molecule has 0 N–H and O–H groups in total. The molecule has 0 atom stereocenters. The van der Waals surface area contributed by atoms with Crippen molar-refractivity contribution in [2.45, 2.75) is 0 Å². The van der Waals surface area contributed by atoms with E-state index < -0.39 is 0 Å². The SMILES string of the molecule is c1ccc(N(c2ccc3oc4ccccc4c3c2)c2cccc3ccccc23)c(-c2ccc3c(c2)oc2ccccc23)c1. The van der Waals surface area contributed by atoms with Gasteiger partial charge in [-0.15, -0.1) is 0 Å². The molecule has 0 saturated heterocycles. The Morgan fingerprint density at radius 1 is 0.372 bits per heavy atom. The van der Waals surface area contributed by atoms with Gasteiger partial charge in [0.15, 0.2) is 0 Å². The van der Waals surface area contributed by atoms with Crippen LogP contribution >= 0.6 is 0 Å². The number of furan rings is 2. The summed E-state index contributed by atoms with van der Waals surface area (Å²) in [6.45, 7) is 0. The van der Waals surface area contributed by atoms with Crippen molar-refractivity contribution in [3.05, 3.63) is 152 Å². The van der Waals surface area contributed by atoms with Crippen LogP contribution in [0, 0.1) is 0 Å². The lowest BCUT2D eigenvalue weighted by atomic mass is 9.99. The van der Waals surface area contributed by atoms with Gasteiger partial charge in [0.2, 0.25) is 0 Å². The van der Waals surface area contributed by atoms with E-state index in [9.17, 15) is 0 Å². The highest BCUT2D eigenvalue weighted by molar-refractivity contribution is 6.09. The molecule has 7 aromatic carbocycles. The van der Waals surface area contributed by atoms with Crippen LogP contribution in [0.15, 0.2) is 160 Å². The molecule has 3 heteroatoms. The van der Waals surface area contributed by atoms with Crippen LogP contribution in [0.4, 0.5) is 17.1 Å². The predicted octanol–water partition coefficient (Wildman–Crippen LogP) is 11.8. The molecule has 3 nitrogen and oxygen atoms in total. The van der Waals surface area contributed by atoms with Crippen LogP contribution < -0.4 is 4.90 Å². The van der Waals surface area contributed by atoms with Gasteiger partial charge in [0, 0.05) is 38.2 Å². The van der Waals surface area contributed by atoms with Crippen LogP contribution in [0.3, 0.4) is 0 Å². The smallest absolute Gasteiger partial charge is 0.136 e. The van der Waals surface area contributed by atoms with E-state index in [-0.39, 0.29) is 0 Å². The maximum Gasteiger partial charge on any atom is 0.136 e. The number of benzene rings is 7. The Hall–Kier alpha value is -5.80. The number of anilines is 3. The van der Waals surface area contributed by atoms with Gasteiger partial charge in [-0.25, -0.2) is 0 Å². The van der Waals surface area contributed by atoms with Crippen molar-refractivity contribution in [3.63, 3.8) is 0 Å². The Morgan fingerprint density at radius 2 is 0.977 bits per heavy atom. The fourth-order valence-corrected chi connectivity index (χ4v) is 6.47. The highest BCUT2D eigenvalue weighted by Gasteiger charge is 2.21. The largest absolute Gasteiger partial charge is 0.456 e. The van der Waals surface area contributed by atoms with Gasteiger partial charge in [-0.05, 0) is 65.5 Å². The minimum atomic E-state index is 0.881. The number of nitrogens with zero attached hydrogens (tertiary/aromatic N) is 1. The average molecular weight is 552 g/mol. The number of fused-ring (bicyclic) bond motifs is 7. The summed E-state index contributed by atoms with van der Waals surface area (Å²) >= 11 is 0. The second kappa shape index (κ2) is 9.37. The first-order chi connectivity index (χ1) is 21.3. The van der Waals surface area contributed by atoms with E-state index >= 15 is 0 Å². The molecule has 9 aromatic rings. The first-order valence-electron chi connectivity index (χ1n) is 14.5. The van der Waals surface area contributed by atoms with Crippen molar-refractivity contribution in [2.24, 2.45) is 0 Å². The van der Waals surface area contributed by atoms with Crippen molar-refractivity contribution in [1.29, 1.82) is 0 Å². The second-order valence-electron chi connectivity index (χ2n) is 10.9. The summed E-state index contributed by atoms with van der Waals surface area (Å²) in [6.07, 6.45) is 0. The molecular formula is C40H25NO2. The highest BCUT2D eigenvalue weighted by Crippen LogP contribution is 2.45. The molecule has 0 spiro atoms. The number of hydrogen-bond acceptors (Lipinski definition) is 3. The Balaban J connectivity index is 1.31. The predicted molar refractivity (Wildman–Crippen MR) is 179 cm³/mol. The molecule has 0 radical (unpaired) electrons. The van der Waals surface area contributed by atoms with Crippen molar-refractivity contribution < 1.29 is 8.83 Å². The van der Waals surface area contributed by atoms with Gasteiger partial charge in [0.05, 0.1) is 11.4 Å². The number of para-hydroxylation sites is 3. The summed E-state index contributed by atoms with van der Waals surface area (Å²) < 4.78 is 12.5. The zero-order valence-electron chi connectivity index (χ0n) is 23.2. The summed E-state index contributed by atoms with van der Waals surface area (Å²) in [7, 11) is 0. The summed E-state index contributed by atoms with van der Waals surface area (Å²) in [5, 5.41) is 6.85. The average Bonchev–Trinajstić information content (AvgIpc) is 3.63. The van der Waals surface area contributed by atoms with E-state index in [4.69, 9.17) is 8.83 Å². The lowest BCUT2D eigenvalue weighted by molar-refractivity contribution is 0.668. The number of hydrogen-bond donors (Lipinski definition) is 0. The third-order valence-corrected chi connectivity index (χ3v) is 8.46. The van der Waals surface area contributed by atoms with Gasteiger partial charge in [0.1, 0.15) is 22.3 Å².